The topological polar surface area (TPSA) is 118 Å². The summed E-state index contributed by atoms with van der Waals surface area (Å²) >= 11 is 0. The fourth-order valence-corrected chi connectivity index (χ4v) is 1.02. The molecule has 0 spiro atoms. The molecule has 1 unspecified atom stereocenters. The summed E-state index contributed by atoms with van der Waals surface area (Å²) in [6, 6.07) is 0. The van der Waals surface area contributed by atoms with Crippen molar-refractivity contribution in [2.24, 2.45) is 0 Å². The first kappa shape index (κ1) is 12.8. The highest BCUT2D eigenvalue weighted by Crippen LogP contribution is 2.16. The predicted molar refractivity (Wildman–Crippen MR) is 58.6 cm³/mol. The van der Waals surface area contributed by atoms with Gasteiger partial charge in [-0.2, -0.15) is 0 Å². The van der Waals surface area contributed by atoms with E-state index in [9.17, 15) is 14.9 Å². The molecule has 0 saturated heterocycles. The molecule has 0 aliphatic heterocycles. The van der Waals surface area contributed by atoms with Crippen LogP contribution in [0.15, 0.2) is 12.4 Å². The van der Waals surface area contributed by atoms with Gasteiger partial charge in [-0.25, -0.2) is 14.8 Å². The van der Waals surface area contributed by atoms with Gasteiger partial charge in [0.2, 0.25) is 5.95 Å². The molecule has 92 valence electrons. The Hall–Kier alpha value is -2.25. The number of carboxylic acid groups (broad SMARTS) is 1. The van der Waals surface area contributed by atoms with Gasteiger partial charge in [-0.1, -0.05) is 6.92 Å². The van der Waals surface area contributed by atoms with E-state index in [-0.39, 0.29) is 11.6 Å². The zero-order chi connectivity index (χ0) is 13.1. The van der Waals surface area contributed by atoms with Crippen LogP contribution in [0.4, 0.5) is 11.6 Å². The third-order valence-corrected chi connectivity index (χ3v) is 2.42. The van der Waals surface area contributed by atoms with Crippen LogP contribution >= 0.6 is 0 Å². The fraction of sp³-hybridized carbons (Fsp3) is 0.444. The zero-order valence-electron chi connectivity index (χ0n) is 9.38. The molecule has 1 atom stereocenters. The van der Waals surface area contributed by atoms with Crippen LogP contribution < -0.4 is 5.32 Å². The van der Waals surface area contributed by atoms with Gasteiger partial charge in [-0.15, -0.1) is 0 Å². The molecule has 0 aromatic carbocycles. The van der Waals surface area contributed by atoms with Crippen LogP contribution in [0.25, 0.3) is 0 Å². The normalized spacial score (nSPS) is 13.8. The summed E-state index contributed by atoms with van der Waals surface area (Å²) in [4.78, 5) is 28.1. The van der Waals surface area contributed by atoms with E-state index in [0.29, 0.717) is 6.42 Å². The minimum Gasteiger partial charge on any atom is -0.480 e. The number of hydrogen-bond donors (Lipinski definition) is 2. The highest BCUT2D eigenvalue weighted by Gasteiger charge is 2.31. The molecule has 17 heavy (non-hydrogen) atoms. The summed E-state index contributed by atoms with van der Waals surface area (Å²) in [7, 11) is 0. The Morgan fingerprint density at radius 2 is 2.12 bits per heavy atom. The number of aromatic nitrogens is 2. The summed E-state index contributed by atoms with van der Waals surface area (Å²) in [5.74, 6) is -0.996. The van der Waals surface area contributed by atoms with Crippen molar-refractivity contribution >= 4 is 17.6 Å². The fourth-order valence-electron chi connectivity index (χ4n) is 1.02. The number of carboxylic acids is 1. The Balaban J connectivity index is 2.88. The molecule has 0 aliphatic carbocycles. The van der Waals surface area contributed by atoms with E-state index in [2.05, 4.69) is 15.3 Å². The van der Waals surface area contributed by atoms with Crippen molar-refractivity contribution in [2.75, 3.05) is 5.32 Å². The van der Waals surface area contributed by atoms with Crippen LogP contribution in [-0.2, 0) is 4.79 Å². The second-order valence-electron chi connectivity index (χ2n) is 3.64. The number of nitrogens with one attached hydrogen (secondary N) is 1. The maximum atomic E-state index is 11.0. The SMILES string of the molecule is CCC(C)(Nc1ncc([N+](=O)[O-])cn1)C(=O)O. The Morgan fingerprint density at radius 3 is 2.47 bits per heavy atom. The molecule has 0 aliphatic rings. The summed E-state index contributed by atoms with van der Waals surface area (Å²) in [5, 5.41) is 22.0. The van der Waals surface area contributed by atoms with E-state index in [1.165, 1.54) is 6.92 Å². The van der Waals surface area contributed by atoms with Gasteiger partial charge in [-0.3, -0.25) is 10.1 Å². The third-order valence-electron chi connectivity index (χ3n) is 2.42. The number of rotatable bonds is 5. The van der Waals surface area contributed by atoms with Crippen molar-refractivity contribution in [1.82, 2.24) is 9.97 Å². The lowest BCUT2D eigenvalue weighted by Gasteiger charge is -2.24. The number of anilines is 1. The number of nitro groups is 1. The van der Waals surface area contributed by atoms with Crippen molar-refractivity contribution < 1.29 is 14.8 Å². The summed E-state index contributed by atoms with van der Waals surface area (Å²) in [5.41, 5.74) is -1.44. The van der Waals surface area contributed by atoms with Crippen LogP contribution in [0.2, 0.25) is 0 Å². The second-order valence-corrected chi connectivity index (χ2v) is 3.64. The Bertz CT molecular complexity index is 433. The van der Waals surface area contributed by atoms with E-state index < -0.39 is 16.4 Å². The van der Waals surface area contributed by atoms with E-state index in [1.807, 2.05) is 0 Å². The molecular weight excluding hydrogens is 228 g/mol. The number of carbonyl (C=O) groups is 1. The molecule has 1 rings (SSSR count). The lowest BCUT2D eigenvalue weighted by atomic mass is 10.00. The first-order valence-corrected chi connectivity index (χ1v) is 4.87. The van der Waals surface area contributed by atoms with Crippen molar-refractivity contribution in [3.8, 4) is 0 Å². The lowest BCUT2D eigenvalue weighted by molar-refractivity contribution is -0.385. The largest absolute Gasteiger partial charge is 0.480 e. The molecule has 0 radical (unpaired) electrons. The molecule has 0 bridgehead atoms. The third kappa shape index (κ3) is 2.86. The predicted octanol–water partition coefficient (Wildman–Crippen LogP) is 1.05. The van der Waals surface area contributed by atoms with Crippen LogP contribution in [0, 0.1) is 10.1 Å². The van der Waals surface area contributed by atoms with Gasteiger partial charge in [0, 0.05) is 0 Å². The average molecular weight is 240 g/mol. The van der Waals surface area contributed by atoms with Gasteiger partial charge in [0.25, 0.3) is 0 Å². The van der Waals surface area contributed by atoms with Gasteiger partial charge >= 0.3 is 11.7 Å². The van der Waals surface area contributed by atoms with E-state index in [4.69, 9.17) is 5.11 Å². The smallest absolute Gasteiger partial charge is 0.329 e. The zero-order valence-corrected chi connectivity index (χ0v) is 9.38. The molecule has 8 heteroatoms. The Morgan fingerprint density at radius 1 is 1.59 bits per heavy atom. The second kappa shape index (κ2) is 4.73. The van der Waals surface area contributed by atoms with E-state index >= 15 is 0 Å². The first-order valence-electron chi connectivity index (χ1n) is 4.87. The highest BCUT2D eigenvalue weighted by atomic mass is 16.6. The first-order chi connectivity index (χ1) is 7.89. The lowest BCUT2D eigenvalue weighted by Crippen LogP contribution is -2.43. The van der Waals surface area contributed by atoms with Crippen molar-refractivity contribution in [3.05, 3.63) is 22.5 Å². The Labute approximate surface area is 96.9 Å². The number of hydrogen-bond acceptors (Lipinski definition) is 6. The van der Waals surface area contributed by atoms with Gasteiger partial charge in [0.05, 0.1) is 4.92 Å². The highest BCUT2D eigenvalue weighted by molar-refractivity contribution is 5.81. The van der Waals surface area contributed by atoms with Gasteiger partial charge in [0.1, 0.15) is 17.9 Å². The minimum absolute atomic E-state index is 0.0438. The van der Waals surface area contributed by atoms with Gasteiger partial charge in [0.15, 0.2) is 0 Å². The van der Waals surface area contributed by atoms with E-state index in [1.54, 1.807) is 6.92 Å². The van der Waals surface area contributed by atoms with E-state index in [0.717, 1.165) is 12.4 Å². The number of aliphatic carboxylic acids is 1. The standard InChI is InChI=1S/C9H12N4O4/c1-3-9(2,7(14)15)12-8-10-4-6(5-11-8)13(16)17/h4-5H,3H2,1-2H3,(H,14,15)(H,10,11,12). The summed E-state index contributed by atoms with van der Waals surface area (Å²) < 4.78 is 0. The molecule has 8 nitrogen and oxygen atoms in total. The maximum absolute atomic E-state index is 11.0. The molecule has 2 N–H and O–H groups in total. The van der Waals surface area contributed by atoms with Crippen LogP contribution in [0.5, 0.6) is 0 Å². The molecule has 0 amide bonds. The van der Waals surface area contributed by atoms with Crippen LogP contribution in [0.1, 0.15) is 20.3 Å². The van der Waals surface area contributed by atoms with Gasteiger partial charge < -0.3 is 10.4 Å². The average Bonchev–Trinajstić information content (AvgIpc) is 2.29. The molecule has 0 saturated carbocycles. The van der Waals surface area contributed by atoms with Crippen molar-refractivity contribution in [3.63, 3.8) is 0 Å². The Kier molecular flexibility index (Phi) is 3.56. The summed E-state index contributed by atoms with van der Waals surface area (Å²) in [6.45, 7) is 3.19. The minimum atomic E-state index is -1.20. The monoisotopic (exact) mass is 240 g/mol. The van der Waals surface area contributed by atoms with Crippen LogP contribution in [0.3, 0.4) is 0 Å². The van der Waals surface area contributed by atoms with Crippen LogP contribution in [-0.4, -0.2) is 31.5 Å². The van der Waals surface area contributed by atoms with Crippen molar-refractivity contribution in [1.29, 1.82) is 0 Å². The quantitative estimate of drug-likeness (QED) is 0.583. The molecule has 1 aromatic heterocycles. The van der Waals surface area contributed by atoms with Gasteiger partial charge in [-0.05, 0) is 13.3 Å². The molecular formula is C9H12N4O4. The maximum Gasteiger partial charge on any atom is 0.329 e. The molecule has 0 fully saturated rings. The van der Waals surface area contributed by atoms with Crippen molar-refractivity contribution in [2.45, 2.75) is 25.8 Å². The number of nitrogens with zero attached hydrogens (tertiary/aromatic N) is 3. The molecule has 1 heterocycles. The molecule has 1 aromatic rings. The summed E-state index contributed by atoms with van der Waals surface area (Å²) in [6.07, 6.45) is 2.36.